The van der Waals surface area contributed by atoms with Crippen LogP contribution in [-0.2, 0) is 16.4 Å². The van der Waals surface area contributed by atoms with Gasteiger partial charge in [-0.3, -0.25) is 0 Å². The van der Waals surface area contributed by atoms with Gasteiger partial charge in [-0.15, -0.1) is 0 Å². The molecule has 0 spiro atoms. The molecule has 2 aromatic rings. The lowest BCUT2D eigenvalue weighted by molar-refractivity contribution is 0.400. The predicted molar refractivity (Wildman–Crippen MR) is 104 cm³/mol. The maximum absolute atomic E-state index is 12.2. The first-order valence-corrected chi connectivity index (χ1v) is 10.7. The molecule has 1 aliphatic rings. The lowest BCUT2D eigenvalue weighted by atomic mass is 9.97. The average molecular weight is 385 g/mol. The van der Waals surface area contributed by atoms with E-state index in [4.69, 9.17) is 5.26 Å². The zero-order valence-corrected chi connectivity index (χ0v) is 15.9. The van der Waals surface area contributed by atoms with Gasteiger partial charge in [-0.2, -0.15) is 5.26 Å². The Morgan fingerprint density at radius 3 is 2.56 bits per heavy atom. The van der Waals surface area contributed by atoms with Gasteiger partial charge in [0.05, 0.1) is 5.75 Å². The molecule has 8 heteroatoms. The number of rotatable bonds is 7. The van der Waals surface area contributed by atoms with Crippen LogP contribution in [0.5, 0.6) is 0 Å². The summed E-state index contributed by atoms with van der Waals surface area (Å²) in [6.45, 7) is 1.93. The normalized spacial score (nSPS) is 15.4. The van der Waals surface area contributed by atoms with Gasteiger partial charge in [-0.05, 0) is 30.7 Å². The molecule has 0 amide bonds. The maximum atomic E-state index is 12.2. The van der Waals surface area contributed by atoms with Gasteiger partial charge in [0.15, 0.2) is 11.5 Å². The number of nitrogens with zero attached hydrogens (tertiary/aromatic N) is 4. The summed E-state index contributed by atoms with van der Waals surface area (Å²) in [5, 5.41) is 9.15. The van der Waals surface area contributed by atoms with E-state index in [1.54, 1.807) is 6.20 Å². The minimum atomic E-state index is -3.28. The van der Waals surface area contributed by atoms with Crippen LogP contribution in [-0.4, -0.2) is 43.8 Å². The maximum Gasteiger partial charge on any atom is 0.211 e. The Morgan fingerprint density at radius 2 is 1.85 bits per heavy atom. The van der Waals surface area contributed by atoms with Crippen molar-refractivity contribution in [1.82, 2.24) is 14.7 Å². The smallest absolute Gasteiger partial charge is 0.211 e. The van der Waals surface area contributed by atoms with E-state index in [2.05, 4.69) is 20.8 Å². The molecule has 2 heterocycles. The van der Waals surface area contributed by atoms with Crippen molar-refractivity contribution in [3.63, 3.8) is 0 Å². The van der Waals surface area contributed by atoms with E-state index in [-0.39, 0.29) is 11.7 Å². The van der Waals surface area contributed by atoms with Gasteiger partial charge in [-0.25, -0.2) is 23.1 Å². The van der Waals surface area contributed by atoms with Crippen LogP contribution in [0.3, 0.4) is 0 Å². The molecule has 0 unspecified atom stereocenters. The zero-order valence-electron chi connectivity index (χ0n) is 15.1. The number of sulfonamides is 1. The summed E-state index contributed by atoms with van der Waals surface area (Å²) in [6, 6.07) is 11.7. The molecule has 1 aromatic heterocycles. The molecule has 142 valence electrons. The molecular weight excluding hydrogens is 362 g/mol. The second-order valence-electron chi connectivity index (χ2n) is 6.67. The molecule has 0 radical (unpaired) electrons. The predicted octanol–water partition coefficient (Wildman–Crippen LogP) is 1.73. The highest BCUT2D eigenvalue weighted by Gasteiger charge is 2.23. The molecule has 1 aromatic carbocycles. The molecule has 0 saturated carbocycles. The summed E-state index contributed by atoms with van der Waals surface area (Å²) in [5.41, 5.74) is 1.35. The highest BCUT2D eigenvalue weighted by atomic mass is 32.2. The summed E-state index contributed by atoms with van der Waals surface area (Å²) in [7, 11) is -3.28. The fraction of sp³-hybridized carbons (Fsp3) is 0.421. The van der Waals surface area contributed by atoms with E-state index in [0.717, 1.165) is 31.5 Å². The lowest BCUT2D eigenvalue weighted by Gasteiger charge is -2.32. The van der Waals surface area contributed by atoms with E-state index in [0.29, 0.717) is 24.5 Å². The molecule has 3 rings (SSSR count). The zero-order chi connectivity index (χ0) is 19.1. The van der Waals surface area contributed by atoms with Crippen molar-refractivity contribution in [2.75, 3.05) is 30.3 Å². The highest BCUT2D eigenvalue weighted by Crippen LogP contribution is 2.23. The fourth-order valence-electron chi connectivity index (χ4n) is 3.20. The summed E-state index contributed by atoms with van der Waals surface area (Å²) in [4.78, 5) is 10.4. The van der Waals surface area contributed by atoms with E-state index in [1.165, 1.54) is 6.20 Å². The van der Waals surface area contributed by atoms with E-state index in [9.17, 15) is 8.42 Å². The van der Waals surface area contributed by atoms with Crippen molar-refractivity contribution in [2.24, 2.45) is 5.92 Å². The molecule has 7 nitrogen and oxygen atoms in total. The second-order valence-corrected chi connectivity index (χ2v) is 8.60. The lowest BCUT2D eigenvalue weighted by Crippen LogP contribution is -2.40. The standard InChI is InChI=1S/C19H23N5O2S/c20-14-18-19(22-10-9-21-18)24-11-6-17(7-12-24)15-23-27(25,26)13-8-16-4-2-1-3-5-16/h1-5,9-10,17,23H,6-8,11-13,15H2. The van der Waals surface area contributed by atoms with Gasteiger partial charge in [0.1, 0.15) is 6.07 Å². The van der Waals surface area contributed by atoms with Crippen LogP contribution >= 0.6 is 0 Å². The monoisotopic (exact) mass is 385 g/mol. The molecule has 1 aliphatic heterocycles. The molecule has 27 heavy (non-hydrogen) atoms. The van der Waals surface area contributed by atoms with Crippen LogP contribution < -0.4 is 9.62 Å². The van der Waals surface area contributed by atoms with Crippen LogP contribution in [0.2, 0.25) is 0 Å². The molecule has 1 N–H and O–H groups in total. The Hall–Kier alpha value is -2.50. The molecule has 0 aliphatic carbocycles. The third-order valence-electron chi connectivity index (χ3n) is 4.79. The number of benzene rings is 1. The van der Waals surface area contributed by atoms with Crippen molar-refractivity contribution in [2.45, 2.75) is 19.3 Å². The third kappa shape index (κ3) is 5.49. The van der Waals surface area contributed by atoms with E-state index >= 15 is 0 Å². The molecule has 1 fully saturated rings. The van der Waals surface area contributed by atoms with Gasteiger partial charge >= 0.3 is 0 Å². The first-order valence-electron chi connectivity index (χ1n) is 9.05. The molecule has 0 bridgehead atoms. The van der Waals surface area contributed by atoms with E-state index in [1.807, 2.05) is 35.2 Å². The van der Waals surface area contributed by atoms with Crippen LogP contribution in [0.25, 0.3) is 0 Å². The second kappa shape index (κ2) is 8.93. The molecule has 0 atom stereocenters. The first-order chi connectivity index (χ1) is 13.1. The summed E-state index contributed by atoms with van der Waals surface area (Å²) < 4.78 is 27.2. The largest absolute Gasteiger partial charge is 0.354 e. The minimum Gasteiger partial charge on any atom is -0.354 e. The van der Waals surface area contributed by atoms with Crippen LogP contribution in [0.15, 0.2) is 42.7 Å². The van der Waals surface area contributed by atoms with Crippen molar-refractivity contribution in [3.05, 3.63) is 54.0 Å². The number of aryl methyl sites for hydroxylation is 1. The van der Waals surface area contributed by atoms with Crippen LogP contribution in [0.4, 0.5) is 5.82 Å². The van der Waals surface area contributed by atoms with Gasteiger partial charge in [-0.1, -0.05) is 30.3 Å². The average Bonchev–Trinajstić information content (AvgIpc) is 2.72. The summed E-state index contributed by atoms with van der Waals surface area (Å²) in [6.07, 6.45) is 5.31. The number of hydrogen-bond acceptors (Lipinski definition) is 6. The van der Waals surface area contributed by atoms with Crippen molar-refractivity contribution in [3.8, 4) is 6.07 Å². The summed E-state index contributed by atoms with van der Waals surface area (Å²) in [5.74, 6) is 0.998. The third-order valence-corrected chi connectivity index (χ3v) is 6.14. The SMILES string of the molecule is N#Cc1nccnc1N1CCC(CNS(=O)(=O)CCc2ccccc2)CC1. The quantitative estimate of drug-likeness (QED) is 0.779. The van der Waals surface area contributed by atoms with Crippen molar-refractivity contribution in [1.29, 1.82) is 5.26 Å². The number of aromatic nitrogens is 2. The Kier molecular flexibility index (Phi) is 6.37. The fourth-order valence-corrected chi connectivity index (χ4v) is 4.34. The van der Waals surface area contributed by atoms with Crippen LogP contribution in [0, 0.1) is 17.2 Å². The number of anilines is 1. The van der Waals surface area contributed by atoms with Crippen LogP contribution in [0.1, 0.15) is 24.1 Å². The molecular formula is C19H23N5O2S. The number of hydrogen-bond donors (Lipinski definition) is 1. The van der Waals surface area contributed by atoms with Crippen molar-refractivity contribution < 1.29 is 8.42 Å². The van der Waals surface area contributed by atoms with Gasteiger partial charge in [0.2, 0.25) is 10.0 Å². The Labute approximate surface area is 160 Å². The number of piperidine rings is 1. The van der Waals surface area contributed by atoms with E-state index < -0.39 is 10.0 Å². The first kappa shape index (κ1) is 19.3. The number of nitrogens with one attached hydrogen (secondary N) is 1. The molecule has 1 saturated heterocycles. The van der Waals surface area contributed by atoms with Gasteiger partial charge in [0.25, 0.3) is 0 Å². The summed E-state index contributed by atoms with van der Waals surface area (Å²) >= 11 is 0. The number of nitriles is 1. The topological polar surface area (TPSA) is 99.0 Å². The van der Waals surface area contributed by atoms with Gasteiger partial charge < -0.3 is 4.90 Å². The minimum absolute atomic E-state index is 0.0982. The Morgan fingerprint density at radius 1 is 1.15 bits per heavy atom. The van der Waals surface area contributed by atoms with Crippen molar-refractivity contribution >= 4 is 15.8 Å². The Bertz CT molecular complexity index is 888. The Balaban J connectivity index is 1.46. The van der Waals surface area contributed by atoms with Gasteiger partial charge in [0, 0.05) is 32.0 Å². The highest BCUT2D eigenvalue weighted by molar-refractivity contribution is 7.89.